The number of piperidine rings is 2. The van der Waals surface area contributed by atoms with Crippen LogP contribution in [-0.4, -0.2) is 41.4 Å². The van der Waals surface area contributed by atoms with Crippen molar-refractivity contribution in [3.8, 4) is 11.1 Å². The number of hydrogen-bond acceptors (Lipinski definition) is 3. The van der Waals surface area contributed by atoms with Crippen LogP contribution in [0, 0.1) is 12.8 Å². The average molecular weight is 381 g/mol. The molecule has 0 N–H and O–H groups in total. The number of benzene rings is 2. The molecule has 0 atom stereocenters. The van der Waals surface area contributed by atoms with Gasteiger partial charge in [-0.3, -0.25) is 0 Å². The Morgan fingerprint density at radius 1 is 0.815 bits per heavy atom. The minimum Gasteiger partial charge on any atom is -0.300 e. The molecule has 2 heterocycles. The van der Waals surface area contributed by atoms with Crippen molar-refractivity contribution >= 4 is 11.9 Å². The largest absolute Gasteiger partial charge is 0.300 e. The fourth-order valence-electron chi connectivity index (χ4n) is 4.35. The molecule has 0 unspecified atom stereocenters. The highest BCUT2D eigenvalue weighted by molar-refractivity contribution is 7.97. The van der Waals surface area contributed by atoms with Gasteiger partial charge in [-0.2, -0.15) is 0 Å². The summed E-state index contributed by atoms with van der Waals surface area (Å²) in [7, 11) is 0. The zero-order chi connectivity index (χ0) is 18.6. The quantitative estimate of drug-likeness (QED) is 0.613. The van der Waals surface area contributed by atoms with Crippen LogP contribution in [0.15, 0.2) is 53.4 Å². The molecule has 2 aliphatic heterocycles. The van der Waals surface area contributed by atoms with Crippen molar-refractivity contribution in [1.29, 1.82) is 0 Å². The Bertz CT molecular complexity index is 726. The van der Waals surface area contributed by atoms with Crippen molar-refractivity contribution in [2.24, 2.45) is 5.92 Å². The lowest BCUT2D eigenvalue weighted by Gasteiger charge is -2.41. The van der Waals surface area contributed by atoms with Gasteiger partial charge in [-0.1, -0.05) is 55.0 Å². The molecule has 27 heavy (non-hydrogen) atoms. The van der Waals surface area contributed by atoms with Gasteiger partial charge >= 0.3 is 0 Å². The summed E-state index contributed by atoms with van der Waals surface area (Å²) in [5.74, 6) is 0.926. The predicted molar refractivity (Wildman–Crippen MR) is 117 cm³/mol. The lowest BCUT2D eigenvalue weighted by Crippen LogP contribution is -2.46. The second-order valence-corrected chi connectivity index (χ2v) is 9.47. The Hall–Kier alpha value is -1.29. The van der Waals surface area contributed by atoms with Crippen LogP contribution in [0.3, 0.4) is 0 Å². The van der Waals surface area contributed by atoms with E-state index in [9.17, 15) is 0 Å². The van der Waals surface area contributed by atoms with Crippen LogP contribution in [0.2, 0.25) is 0 Å². The standard InChI is InChI=1S/C24H32N2S/c1-19-7-9-21(10-8-19)23-5-3-4-6-24(23)27-26-17-13-22(14-18-26)25-15-11-20(2)12-16-25/h3-10,20,22H,11-18H2,1-2H3. The van der Waals surface area contributed by atoms with E-state index in [-0.39, 0.29) is 0 Å². The molecule has 2 fully saturated rings. The average Bonchev–Trinajstić information content (AvgIpc) is 2.70. The summed E-state index contributed by atoms with van der Waals surface area (Å²) < 4.78 is 2.58. The first-order valence-corrected chi connectivity index (χ1v) is 11.3. The topological polar surface area (TPSA) is 6.48 Å². The van der Waals surface area contributed by atoms with E-state index in [0.29, 0.717) is 0 Å². The van der Waals surface area contributed by atoms with Crippen LogP contribution in [-0.2, 0) is 0 Å². The van der Waals surface area contributed by atoms with Crippen LogP contribution in [0.1, 0.15) is 38.2 Å². The molecule has 4 rings (SSSR count). The Morgan fingerprint density at radius 2 is 1.48 bits per heavy atom. The first-order valence-electron chi connectivity index (χ1n) is 10.5. The van der Waals surface area contributed by atoms with Gasteiger partial charge in [0, 0.05) is 24.0 Å². The van der Waals surface area contributed by atoms with Gasteiger partial charge < -0.3 is 4.90 Å². The van der Waals surface area contributed by atoms with Crippen LogP contribution >= 0.6 is 11.9 Å². The molecule has 0 spiro atoms. The van der Waals surface area contributed by atoms with Crippen LogP contribution in [0.25, 0.3) is 11.1 Å². The van der Waals surface area contributed by atoms with E-state index in [0.717, 1.165) is 12.0 Å². The van der Waals surface area contributed by atoms with Gasteiger partial charge in [-0.25, -0.2) is 4.31 Å². The number of rotatable bonds is 4. The van der Waals surface area contributed by atoms with Crippen molar-refractivity contribution in [2.45, 2.75) is 50.5 Å². The van der Waals surface area contributed by atoms with Crippen molar-refractivity contribution in [1.82, 2.24) is 9.21 Å². The van der Waals surface area contributed by atoms with Crippen molar-refractivity contribution in [3.63, 3.8) is 0 Å². The molecule has 0 bridgehead atoms. The molecule has 2 aromatic carbocycles. The SMILES string of the molecule is Cc1ccc(-c2ccccc2SN2CCC(N3CCC(C)CC3)CC2)cc1. The van der Waals surface area contributed by atoms with E-state index in [2.05, 4.69) is 71.6 Å². The second kappa shape index (κ2) is 8.81. The lowest BCUT2D eigenvalue weighted by atomic mass is 9.95. The van der Waals surface area contributed by atoms with Crippen LogP contribution in [0.4, 0.5) is 0 Å². The van der Waals surface area contributed by atoms with E-state index in [4.69, 9.17) is 0 Å². The van der Waals surface area contributed by atoms with Crippen molar-refractivity contribution in [2.75, 3.05) is 26.2 Å². The summed E-state index contributed by atoms with van der Waals surface area (Å²) >= 11 is 1.95. The van der Waals surface area contributed by atoms with Crippen LogP contribution < -0.4 is 0 Å². The first-order chi connectivity index (χ1) is 13.2. The molecule has 0 aliphatic carbocycles. The molecule has 0 aromatic heterocycles. The molecule has 144 valence electrons. The molecule has 2 aromatic rings. The monoisotopic (exact) mass is 380 g/mol. The molecule has 2 saturated heterocycles. The molecule has 3 heteroatoms. The van der Waals surface area contributed by atoms with Gasteiger partial charge in [-0.15, -0.1) is 0 Å². The predicted octanol–water partition coefficient (Wildman–Crippen LogP) is 5.87. The van der Waals surface area contributed by atoms with Gasteiger partial charge in [0.15, 0.2) is 0 Å². The maximum atomic E-state index is 2.77. The van der Waals surface area contributed by atoms with E-state index in [1.54, 1.807) is 0 Å². The molecular formula is C24H32N2S. The summed E-state index contributed by atoms with van der Waals surface area (Å²) in [5.41, 5.74) is 3.99. The van der Waals surface area contributed by atoms with Crippen molar-refractivity contribution in [3.05, 3.63) is 54.1 Å². The van der Waals surface area contributed by atoms with E-state index in [1.807, 2.05) is 11.9 Å². The highest BCUT2D eigenvalue weighted by atomic mass is 32.2. The fourth-order valence-corrected chi connectivity index (χ4v) is 5.44. The summed E-state index contributed by atoms with van der Waals surface area (Å²) in [5, 5.41) is 0. The number of nitrogens with zero attached hydrogens (tertiary/aromatic N) is 2. The van der Waals surface area contributed by atoms with Crippen molar-refractivity contribution < 1.29 is 0 Å². The zero-order valence-corrected chi connectivity index (χ0v) is 17.5. The fraction of sp³-hybridized carbons (Fsp3) is 0.500. The second-order valence-electron chi connectivity index (χ2n) is 8.33. The Morgan fingerprint density at radius 3 is 2.19 bits per heavy atom. The molecule has 0 amide bonds. The lowest BCUT2D eigenvalue weighted by molar-refractivity contribution is 0.103. The first kappa shape index (κ1) is 19.0. The Balaban J connectivity index is 1.37. The summed E-state index contributed by atoms with van der Waals surface area (Å²) in [6.07, 6.45) is 5.40. The molecular weight excluding hydrogens is 348 g/mol. The van der Waals surface area contributed by atoms with Gasteiger partial charge in [-0.05, 0) is 80.8 Å². The maximum absolute atomic E-state index is 2.77. The number of aryl methyl sites for hydroxylation is 1. The molecule has 2 nitrogen and oxygen atoms in total. The number of hydrogen-bond donors (Lipinski definition) is 0. The van der Waals surface area contributed by atoms with E-state index < -0.39 is 0 Å². The molecule has 0 radical (unpaired) electrons. The van der Waals surface area contributed by atoms with Gasteiger partial charge in [0.25, 0.3) is 0 Å². The zero-order valence-electron chi connectivity index (χ0n) is 16.7. The maximum Gasteiger partial charge on any atom is 0.0308 e. The van der Waals surface area contributed by atoms with Gasteiger partial charge in [0.1, 0.15) is 0 Å². The third-order valence-corrected chi connectivity index (χ3v) is 7.41. The van der Waals surface area contributed by atoms with E-state index in [1.165, 1.54) is 73.4 Å². The van der Waals surface area contributed by atoms with Gasteiger partial charge in [0.2, 0.25) is 0 Å². The summed E-state index contributed by atoms with van der Waals surface area (Å²) in [6.45, 7) is 9.58. The highest BCUT2D eigenvalue weighted by Crippen LogP contribution is 2.35. The van der Waals surface area contributed by atoms with Gasteiger partial charge in [0.05, 0.1) is 0 Å². The third-order valence-electron chi connectivity index (χ3n) is 6.24. The highest BCUT2D eigenvalue weighted by Gasteiger charge is 2.27. The minimum absolute atomic E-state index is 0.807. The van der Waals surface area contributed by atoms with E-state index >= 15 is 0 Å². The molecule has 0 saturated carbocycles. The van der Waals surface area contributed by atoms with Crippen LogP contribution in [0.5, 0.6) is 0 Å². The summed E-state index contributed by atoms with van der Waals surface area (Å²) in [6, 6.07) is 18.6. The minimum atomic E-state index is 0.807. The normalized spacial score (nSPS) is 20.8. The third kappa shape index (κ3) is 4.77. The molecule has 2 aliphatic rings. The smallest absolute Gasteiger partial charge is 0.0308 e. The summed E-state index contributed by atoms with van der Waals surface area (Å²) in [4.78, 5) is 4.15. The number of likely N-dealkylation sites (tertiary alicyclic amines) is 1. The Kier molecular flexibility index (Phi) is 6.21. The Labute approximate surface area is 169 Å².